The van der Waals surface area contributed by atoms with Crippen molar-refractivity contribution in [3.63, 3.8) is 0 Å². The van der Waals surface area contributed by atoms with E-state index in [0.29, 0.717) is 11.6 Å². The summed E-state index contributed by atoms with van der Waals surface area (Å²) in [6.07, 6.45) is 5.01. The average Bonchev–Trinajstić information content (AvgIpc) is 2.85. The highest BCUT2D eigenvalue weighted by Crippen LogP contribution is 2.23. The number of carbonyl (C=O) groups is 1. The summed E-state index contributed by atoms with van der Waals surface area (Å²) in [5.74, 6) is 1.000. The number of nitrogens with one attached hydrogen (secondary N) is 1. The molecule has 0 spiro atoms. The van der Waals surface area contributed by atoms with Crippen molar-refractivity contribution in [2.45, 2.75) is 45.6 Å². The van der Waals surface area contributed by atoms with Crippen LogP contribution in [0.3, 0.4) is 0 Å². The molecule has 1 saturated heterocycles. The van der Waals surface area contributed by atoms with Gasteiger partial charge in [-0.15, -0.1) is 0 Å². The Hall–Kier alpha value is -3.74. The summed E-state index contributed by atoms with van der Waals surface area (Å²) >= 11 is 0. The first-order valence-corrected chi connectivity index (χ1v) is 11.7. The molecule has 0 unspecified atom stereocenters. The zero-order valence-corrected chi connectivity index (χ0v) is 20.0. The molecule has 1 amide bonds. The van der Waals surface area contributed by atoms with Crippen LogP contribution in [0.2, 0.25) is 0 Å². The van der Waals surface area contributed by atoms with Gasteiger partial charge in [0.25, 0.3) is 5.91 Å². The van der Waals surface area contributed by atoms with Crippen molar-refractivity contribution in [1.29, 1.82) is 0 Å². The number of hydrogen-bond donors (Lipinski definition) is 1. The molecule has 1 N–H and O–H groups in total. The van der Waals surface area contributed by atoms with Crippen molar-refractivity contribution in [2.75, 3.05) is 18.0 Å². The van der Waals surface area contributed by atoms with E-state index in [2.05, 4.69) is 20.4 Å². The second kappa shape index (κ2) is 10.5. The summed E-state index contributed by atoms with van der Waals surface area (Å²) in [7, 11) is 0. The van der Waals surface area contributed by atoms with Gasteiger partial charge in [0.2, 0.25) is 5.95 Å². The van der Waals surface area contributed by atoms with Gasteiger partial charge in [-0.25, -0.2) is 15.4 Å². The third-order valence-electron chi connectivity index (χ3n) is 5.34. The van der Waals surface area contributed by atoms with Gasteiger partial charge in [0.15, 0.2) is 0 Å². The number of hydrazone groups is 1. The summed E-state index contributed by atoms with van der Waals surface area (Å²) in [5.41, 5.74) is 5.15. The number of aromatic nitrogens is 2. The zero-order chi connectivity index (χ0) is 24.0. The smallest absolute Gasteiger partial charge is 0.290 e. The van der Waals surface area contributed by atoms with Gasteiger partial charge in [0.1, 0.15) is 17.0 Å². The van der Waals surface area contributed by atoms with Crippen LogP contribution in [0.15, 0.2) is 65.8 Å². The van der Waals surface area contributed by atoms with E-state index in [0.717, 1.165) is 48.5 Å². The number of benzene rings is 2. The number of nitrogens with zero attached hydrogens (tertiary/aromatic N) is 4. The number of hydrogen-bond acceptors (Lipinski definition) is 6. The molecule has 1 aliphatic rings. The molecule has 1 aromatic heterocycles. The molecule has 4 rings (SSSR count). The Morgan fingerprint density at radius 1 is 1.00 bits per heavy atom. The van der Waals surface area contributed by atoms with Crippen LogP contribution >= 0.6 is 0 Å². The van der Waals surface area contributed by atoms with Gasteiger partial charge in [-0.05, 0) is 75.9 Å². The standard InChI is InChI=1S/C27H31N5O2/c1-27(2,3)34-22-14-12-20(13-15-22)19-28-31-25(33)24-18-23(21-10-6-4-7-11-21)29-26(30-24)32-16-8-5-9-17-32/h4,6-7,10-15,18-19H,5,8-9,16-17H2,1-3H3,(H,31,33)/b28-19+. The molecule has 7 heteroatoms. The van der Waals surface area contributed by atoms with Gasteiger partial charge < -0.3 is 9.64 Å². The molecular formula is C27H31N5O2. The van der Waals surface area contributed by atoms with E-state index in [-0.39, 0.29) is 11.5 Å². The Balaban J connectivity index is 1.50. The molecule has 0 radical (unpaired) electrons. The molecule has 0 saturated carbocycles. The topological polar surface area (TPSA) is 79.7 Å². The Bertz CT molecular complexity index is 1130. The highest BCUT2D eigenvalue weighted by molar-refractivity contribution is 5.94. The van der Waals surface area contributed by atoms with Crippen LogP contribution in [-0.2, 0) is 0 Å². The van der Waals surface area contributed by atoms with Crippen LogP contribution in [0.4, 0.5) is 5.95 Å². The maximum Gasteiger partial charge on any atom is 0.290 e. The third kappa shape index (κ3) is 6.41. The summed E-state index contributed by atoms with van der Waals surface area (Å²) in [4.78, 5) is 24.4. The highest BCUT2D eigenvalue weighted by Gasteiger charge is 2.18. The quantitative estimate of drug-likeness (QED) is 0.413. The fourth-order valence-corrected chi connectivity index (χ4v) is 3.74. The van der Waals surface area contributed by atoms with Crippen LogP contribution in [0.25, 0.3) is 11.3 Å². The van der Waals surface area contributed by atoms with E-state index in [4.69, 9.17) is 9.72 Å². The minimum absolute atomic E-state index is 0.257. The predicted molar refractivity (Wildman–Crippen MR) is 135 cm³/mol. The number of rotatable bonds is 6. The van der Waals surface area contributed by atoms with Crippen molar-refractivity contribution >= 4 is 18.1 Å². The predicted octanol–water partition coefficient (Wildman–Crippen LogP) is 5.08. The molecule has 3 aromatic rings. The van der Waals surface area contributed by atoms with Gasteiger partial charge in [-0.1, -0.05) is 30.3 Å². The zero-order valence-electron chi connectivity index (χ0n) is 20.0. The minimum Gasteiger partial charge on any atom is -0.488 e. The second-order valence-electron chi connectivity index (χ2n) is 9.33. The first-order chi connectivity index (χ1) is 16.4. The molecule has 0 atom stereocenters. The number of carbonyl (C=O) groups excluding carboxylic acids is 1. The highest BCUT2D eigenvalue weighted by atomic mass is 16.5. The first kappa shape index (κ1) is 23.4. The van der Waals surface area contributed by atoms with Gasteiger partial charge in [-0.2, -0.15) is 5.10 Å². The molecule has 0 bridgehead atoms. The first-order valence-electron chi connectivity index (χ1n) is 11.7. The molecule has 2 heterocycles. The number of amides is 1. The second-order valence-corrected chi connectivity index (χ2v) is 9.33. The van der Waals surface area contributed by atoms with Crippen LogP contribution < -0.4 is 15.1 Å². The monoisotopic (exact) mass is 457 g/mol. The molecule has 1 fully saturated rings. The average molecular weight is 458 g/mol. The lowest BCUT2D eigenvalue weighted by Gasteiger charge is -2.27. The van der Waals surface area contributed by atoms with Gasteiger partial charge in [0.05, 0.1) is 11.9 Å². The van der Waals surface area contributed by atoms with E-state index in [9.17, 15) is 4.79 Å². The van der Waals surface area contributed by atoms with Crippen molar-refractivity contribution in [3.05, 3.63) is 71.9 Å². The maximum absolute atomic E-state index is 12.9. The van der Waals surface area contributed by atoms with Crippen LogP contribution in [0.5, 0.6) is 5.75 Å². The summed E-state index contributed by atoms with van der Waals surface area (Å²) in [5, 5.41) is 4.13. The van der Waals surface area contributed by atoms with Crippen LogP contribution in [-0.4, -0.2) is 40.8 Å². The number of anilines is 1. The Labute approximate surface area is 200 Å². The normalized spacial score (nSPS) is 14.3. The van der Waals surface area contributed by atoms with E-state index >= 15 is 0 Å². The largest absolute Gasteiger partial charge is 0.488 e. The van der Waals surface area contributed by atoms with E-state index < -0.39 is 0 Å². The molecular weight excluding hydrogens is 426 g/mol. The lowest BCUT2D eigenvalue weighted by molar-refractivity contribution is 0.0950. The van der Waals surface area contributed by atoms with Gasteiger partial charge >= 0.3 is 0 Å². The minimum atomic E-state index is -0.373. The van der Waals surface area contributed by atoms with Crippen molar-refractivity contribution in [3.8, 4) is 17.0 Å². The van der Waals surface area contributed by atoms with Crippen molar-refractivity contribution in [1.82, 2.24) is 15.4 Å². The molecule has 1 aliphatic heterocycles. The fraction of sp³-hybridized carbons (Fsp3) is 0.333. The molecule has 34 heavy (non-hydrogen) atoms. The van der Waals surface area contributed by atoms with E-state index in [1.165, 1.54) is 6.42 Å². The summed E-state index contributed by atoms with van der Waals surface area (Å²) in [6.45, 7) is 7.81. The molecule has 0 aliphatic carbocycles. The summed E-state index contributed by atoms with van der Waals surface area (Å²) < 4.78 is 5.83. The van der Waals surface area contributed by atoms with E-state index in [1.54, 1.807) is 12.3 Å². The fourth-order valence-electron chi connectivity index (χ4n) is 3.74. The maximum atomic E-state index is 12.9. The number of piperidine rings is 1. The van der Waals surface area contributed by atoms with Crippen LogP contribution in [0.1, 0.15) is 56.1 Å². The molecule has 2 aromatic carbocycles. The van der Waals surface area contributed by atoms with E-state index in [1.807, 2.05) is 75.4 Å². The van der Waals surface area contributed by atoms with Gasteiger partial charge in [0, 0.05) is 18.7 Å². The lowest BCUT2D eigenvalue weighted by atomic mass is 10.1. The van der Waals surface area contributed by atoms with Crippen molar-refractivity contribution in [2.24, 2.45) is 5.10 Å². The third-order valence-corrected chi connectivity index (χ3v) is 5.34. The lowest BCUT2D eigenvalue weighted by Crippen LogP contribution is -2.32. The molecule has 7 nitrogen and oxygen atoms in total. The Morgan fingerprint density at radius 2 is 1.71 bits per heavy atom. The van der Waals surface area contributed by atoms with Crippen LogP contribution in [0, 0.1) is 0 Å². The molecule has 176 valence electrons. The van der Waals surface area contributed by atoms with Crippen molar-refractivity contribution < 1.29 is 9.53 Å². The SMILES string of the molecule is CC(C)(C)Oc1ccc(/C=N/NC(=O)c2cc(-c3ccccc3)nc(N3CCCCC3)n2)cc1. The summed E-state index contributed by atoms with van der Waals surface area (Å²) in [6, 6.07) is 19.1. The Kier molecular flexibility index (Phi) is 7.21. The Morgan fingerprint density at radius 3 is 2.38 bits per heavy atom. The number of ether oxygens (including phenoxy) is 1. The van der Waals surface area contributed by atoms with Gasteiger partial charge in [-0.3, -0.25) is 4.79 Å².